The van der Waals surface area contributed by atoms with Crippen molar-refractivity contribution in [1.29, 1.82) is 0 Å². The minimum absolute atomic E-state index is 0.0645. The second kappa shape index (κ2) is 10.4. The van der Waals surface area contributed by atoms with Crippen LogP contribution in [-0.4, -0.2) is 60.8 Å². The number of aromatic nitrogens is 4. The molecule has 37 heavy (non-hydrogen) atoms. The minimum atomic E-state index is -5.08. The summed E-state index contributed by atoms with van der Waals surface area (Å²) in [7, 11) is 2.01. The molecule has 0 spiro atoms. The number of nitrogens with zero attached hydrogens (tertiary/aromatic N) is 5. The number of piperidine rings is 1. The molecule has 0 radical (unpaired) electrons. The van der Waals surface area contributed by atoms with Crippen molar-refractivity contribution in [3.8, 4) is 11.3 Å². The molecule has 0 unspecified atom stereocenters. The molecule has 0 atom stereocenters. The molecular weight excluding hydrogens is 491 g/mol. The molecule has 0 aliphatic carbocycles. The van der Waals surface area contributed by atoms with E-state index in [1.54, 1.807) is 13.0 Å². The molecule has 194 valence electrons. The fraction of sp³-hybridized carbons (Fsp3) is 0.320. The number of fused-ring (bicyclic) bond motifs is 1. The molecule has 0 saturated carbocycles. The Kier molecular flexibility index (Phi) is 7.28. The van der Waals surface area contributed by atoms with Crippen LogP contribution < -0.4 is 0 Å². The van der Waals surface area contributed by atoms with E-state index in [4.69, 9.17) is 19.4 Å². The van der Waals surface area contributed by atoms with Crippen molar-refractivity contribution in [3.63, 3.8) is 0 Å². The summed E-state index contributed by atoms with van der Waals surface area (Å²) in [6.07, 6.45) is -1.51. The summed E-state index contributed by atoms with van der Waals surface area (Å²) >= 11 is 0. The highest BCUT2D eigenvalue weighted by Crippen LogP contribution is 2.33. The van der Waals surface area contributed by atoms with Gasteiger partial charge in [0.05, 0.1) is 17.5 Å². The van der Waals surface area contributed by atoms with Crippen LogP contribution in [0.5, 0.6) is 0 Å². The predicted octanol–water partition coefficient (Wildman–Crippen LogP) is 4.58. The smallest absolute Gasteiger partial charge is 0.475 e. The van der Waals surface area contributed by atoms with Gasteiger partial charge in [-0.1, -0.05) is 35.5 Å². The lowest BCUT2D eigenvalue weighted by Crippen LogP contribution is -2.38. The molecule has 1 fully saturated rings. The highest BCUT2D eigenvalue weighted by atomic mass is 19.4. The quantitative estimate of drug-likeness (QED) is 0.425. The zero-order chi connectivity index (χ0) is 26.7. The number of carboxylic acids is 1. The number of hydrogen-bond acceptors (Lipinski definition) is 6. The maximum Gasteiger partial charge on any atom is 0.490 e. The Morgan fingerprint density at radius 2 is 1.76 bits per heavy atom. The summed E-state index contributed by atoms with van der Waals surface area (Å²) in [6, 6.07) is 14.0. The largest absolute Gasteiger partial charge is 0.490 e. The molecule has 1 aliphatic rings. The van der Waals surface area contributed by atoms with Crippen LogP contribution in [0.3, 0.4) is 0 Å². The Labute approximate surface area is 209 Å². The van der Waals surface area contributed by atoms with Gasteiger partial charge in [0, 0.05) is 43.4 Å². The molecule has 4 heterocycles. The van der Waals surface area contributed by atoms with Gasteiger partial charge in [0.2, 0.25) is 0 Å². The molecule has 5 rings (SSSR count). The average Bonchev–Trinajstić information content (AvgIpc) is 3.49. The first-order valence-corrected chi connectivity index (χ1v) is 11.4. The van der Waals surface area contributed by atoms with Crippen LogP contribution in [0, 0.1) is 6.92 Å². The summed E-state index contributed by atoms with van der Waals surface area (Å²) in [5, 5.41) is 11.0. The van der Waals surface area contributed by atoms with Crippen LogP contribution in [0.1, 0.15) is 40.7 Å². The first-order chi connectivity index (χ1) is 17.5. The average molecular weight is 515 g/mol. The second-order valence-electron chi connectivity index (χ2n) is 8.68. The van der Waals surface area contributed by atoms with Gasteiger partial charge in [-0.05, 0) is 25.8 Å². The van der Waals surface area contributed by atoms with Gasteiger partial charge in [-0.2, -0.15) is 13.2 Å². The number of carboxylic acid groups (broad SMARTS) is 1. The molecule has 4 aromatic rings. The van der Waals surface area contributed by atoms with E-state index in [2.05, 4.69) is 28.3 Å². The lowest BCUT2D eigenvalue weighted by molar-refractivity contribution is -0.192. The van der Waals surface area contributed by atoms with Gasteiger partial charge >= 0.3 is 12.1 Å². The van der Waals surface area contributed by atoms with Gasteiger partial charge < -0.3 is 19.1 Å². The number of pyridine rings is 1. The Balaban J connectivity index is 0.000000405. The topological polar surface area (TPSA) is 114 Å². The molecule has 1 aliphatic heterocycles. The van der Waals surface area contributed by atoms with Gasteiger partial charge in [0.15, 0.2) is 5.69 Å². The first-order valence-electron chi connectivity index (χ1n) is 11.4. The number of benzene rings is 1. The van der Waals surface area contributed by atoms with Crippen LogP contribution in [0.4, 0.5) is 13.2 Å². The number of amides is 1. The van der Waals surface area contributed by atoms with Crippen molar-refractivity contribution in [3.05, 3.63) is 65.9 Å². The maximum atomic E-state index is 12.7. The lowest BCUT2D eigenvalue weighted by atomic mass is 9.92. The third-order valence-corrected chi connectivity index (χ3v) is 6.07. The van der Waals surface area contributed by atoms with Crippen molar-refractivity contribution in [2.75, 3.05) is 13.1 Å². The van der Waals surface area contributed by atoms with E-state index >= 15 is 0 Å². The molecule has 12 heteroatoms. The zero-order valence-corrected chi connectivity index (χ0v) is 20.1. The molecule has 3 aromatic heterocycles. The summed E-state index contributed by atoms with van der Waals surface area (Å²) < 4.78 is 38.8. The van der Waals surface area contributed by atoms with Gasteiger partial charge in [0.25, 0.3) is 5.91 Å². The number of carbonyl (C=O) groups excluding carboxylic acids is 1. The molecule has 1 aromatic carbocycles. The standard InChI is InChI=1S/C23H23N5O2.C2HF3O2/c1-15-12-19(26-30-15)23(29)28-10-8-16(9-11-28)18-13-20-22(24-14-27(20)2)21(25-18)17-6-4-3-5-7-17;3-2(4,5)1(6)7/h3-7,12-14,16H,8-11H2,1-2H3;(H,6,7). The summed E-state index contributed by atoms with van der Waals surface area (Å²) in [4.78, 5) is 33.0. The van der Waals surface area contributed by atoms with E-state index in [0.29, 0.717) is 30.5 Å². The Bertz CT molecular complexity index is 1410. The van der Waals surface area contributed by atoms with E-state index in [1.807, 2.05) is 41.0 Å². The third kappa shape index (κ3) is 5.79. The van der Waals surface area contributed by atoms with Crippen molar-refractivity contribution in [2.24, 2.45) is 7.05 Å². The number of halogens is 3. The number of aliphatic carboxylic acids is 1. The fourth-order valence-electron chi connectivity index (χ4n) is 4.16. The van der Waals surface area contributed by atoms with Crippen molar-refractivity contribution >= 4 is 22.9 Å². The molecule has 1 N–H and O–H groups in total. The first kappa shape index (κ1) is 25.9. The second-order valence-corrected chi connectivity index (χ2v) is 8.68. The number of alkyl halides is 3. The van der Waals surface area contributed by atoms with Crippen LogP contribution in [0.2, 0.25) is 0 Å². The number of aryl methyl sites for hydroxylation is 2. The van der Waals surface area contributed by atoms with Crippen molar-refractivity contribution in [2.45, 2.75) is 31.9 Å². The third-order valence-electron chi connectivity index (χ3n) is 6.07. The summed E-state index contributed by atoms with van der Waals surface area (Å²) in [5.74, 6) is -1.87. The number of likely N-dealkylation sites (tertiary alicyclic amines) is 1. The van der Waals surface area contributed by atoms with Crippen LogP contribution in [-0.2, 0) is 11.8 Å². The fourth-order valence-corrected chi connectivity index (χ4v) is 4.16. The van der Waals surface area contributed by atoms with Gasteiger partial charge in [-0.3, -0.25) is 9.78 Å². The van der Waals surface area contributed by atoms with Crippen LogP contribution in [0.25, 0.3) is 22.3 Å². The summed E-state index contributed by atoms with van der Waals surface area (Å²) in [6.45, 7) is 3.16. The monoisotopic (exact) mass is 515 g/mol. The molecule has 1 saturated heterocycles. The van der Waals surface area contributed by atoms with E-state index in [1.165, 1.54) is 0 Å². The minimum Gasteiger partial charge on any atom is -0.475 e. The maximum absolute atomic E-state index is 12.7. The number of rotatable bonds is 3. The normalized spacial score (nSPS) is 14.4. The van der Waals surface area contributed by atoms with Crippen LogP contribution in [0.15, 0.2) is 53.3 Å². The van der Waals surface area contributed by atoms with E-state index in [-0.39, 0.29) is 5.91 Å². The highest BCUT2D eigenvalue weighted by Gasteiger charge is 2.38. The SMILES string of the molecule is Cc1cc(C(=O)N2CCC(c3cc4c(ncn4C)c(-c4ccccc4)n3)CC2)no1.O=C(O)C(F)(F)F. The van der Waals surface area contributed by atoms with E-state index in [0.717, 1.165) is 40.8 Å². The Morgan fingerprint density at radius 1 is 1.11 bits per heavy atom. The zero-order valence-electron chi connectivity index (χ0n) is 20.1. The lowest BCUT2D eigenvalue weighted by Gasteiger charge is -2.31. The molecular formula is C25H24F3N5O4. The number of imidazole rings is 1. The summed E-state index contributed by atoms with van der Waals surface area (Å²) in [5.41, 5.74) is 5.43. The van der Waals surface area contributed by atoms with Gasteiger partial charge in [-0.25, -0.2) is 9.78 Å². The predicted molar refractivity (Wildman–Crippen MR) is 127 cm³/mol. The van der Waals surface area contributed by atoms with Gasteiger partial charge in [0.1, 0.15) is 11.3 Å². The highest BCUT2D eigenvalue weighted by molar-refractivity contribution is 5.92. The van der Waals surface area contributed by atoms with Crippen LogP contribution >= 0.6 is 0 Å². The molecule has 1 amide bonds. The van der Waals surface area contributed by atoms with E-state index in [9.17, 15) is 18.0 Å². The Morgan fingerprint density at radius 3 is 2.32 bits per heavy atom. The van der Waals surface area contributed by atoms with E-state index < -0.39 is 12.1 Å². The molecule has 0 bridgehead atoms. The Hall–Kier alpha value is -4.22. The van der Waals surface area contributed by atoms with Gasteiger partial charge in [-0.15, -0.1) is 0 Å². The van der Waals surface area contributed by atoms with Crippen molar-refractivity contribution in [1.82, 2.24) is 24.6 Å². The number of hydrogen-bond donors (Lipinski definition) is 1. The molecule has 9 nitrogen and oxygen atoms in total. The van der Waals surface area contributed by atoms with Crippen molar-refractivity contribution < 1.29 is 32.4 Å². The number of carbonyl (C=O) groups is 2.